The van der Waals surface area contributed by atoms with E-state index in [1.807, 2.05) is 30.0 Å². The van der Waals surface area contributed by atoms with Gasteiger partial charge in [-0.3, -0.25) is 9.69 Å². The molecule has 42 heavy (non-hydrogen) atoms. The number of amides is 1. The topological polar surface area (TPSA) is 81.9 Å². The van der Waals surface area contributed by atoms with E-state index in [0.29, 0.717) is 29.9 Å². The Kier molecular flexibility index (Phi) is 8.42. The Hall–Kier alpha value is -4.47. The fraction of sp³-hybridized carbons (Fsp3) is 0.333. The van der Waals surface area contributed by atoms with Crippen LogP contribution in [-0.4, -0.2) is 82.1 Å². The van der Waals surface area contributed by atoms with Gasteiger partial charge in [0, 0.05) is 70.3 Å². The summed E-state index contributed by atoms with van der Waals surface area (Å²) in [7, 11) is 3.78. The van der Waals surface area contributed by atoms with Crippen molar-refractivity contribution in [3.8, 4) is 11.8 Å². The minimum Gasteiger partial charge on any atom is -0.363 e. The molecule has 4 heterocycles. The number of aromatic nitrogens is 4. The van der Waals surface area contributed by atoms with Gasteiger partial charge in [-0.05, 0) is 42.4 Å². The number of hydrogen-bond donors (Lipinski definition) is 1. The second-order valence-electron chi connectivity index (χ2n) is 10.2. The Morgan fingerprint density at radius 1 is 1.07 bits per heavy atom. The molecule has 0 bridgehead atoms. The van der Waals surface area contributed by atoms with Crippen molar-refractivity contribution >= 4 is 23.2 Å². The molecule has 1 saturated heterocycles. The number of fused-ring (bicyclic) bond motifs is 1. The Bertz CT molecular complexity index is 1650. The SMILES string of the molecule is CCN1CCN(Cc2c(C(=O)Nc3cc(C#Cc4cnn5ccc(N(C)C)nc45)ccn3)cccc2C(F)(F)F)CC1. The van der Waals surface area contributed by atoms with Gasteiger partial charge in [-0.15, -0.1) is 0 Å². The quantitative estimate of drug-likeness (QED) is 0.348. The van der Waals surface area contributed by atoms with Crippen LogP contribution >= 0.6 is 0 Å². The summed E-state index contributed by atoms with van der Waals surface area (Å²) in [6.45, 7) is 5.77. The lowest BCUT2D eigenvalue weighted by molar-refractivity contribution is -0.138. The Labute approximate surface area is 242 Å². The zero-order valence-electron chi connectivity index (χ0n) is 23.6. The van der Waals surface area contributed by atoms with Gasteiger partial charge in [-0.1, -0.05) is 24.8 Å². The zero-order chi connectivity index (χ0) is 29.9. The number of pyridine rings is 1. The van der Waals surface area contributed by atoms with Gasteiger partial charge in [-0.25, -0.2) is 14.5 Å². The lowest BCUT2D eigenvalue weighted by atomic mass is 9.98. The Morgan fingerprint density at radius 3 is 2.55 bits per heavy atom. The first kappa shape index (κ1) is 29.0. The van der Waals surface area contributed by atoms with E-state index in [4.69, 9.17) is 0 Å². The van der Waals surface area contributed by atoms with Gasteiger partial charge >= 0.3 is 6.18 Å². The van der Waals surface area contributed by atoms with Crippen LogP contribution in [0.1, 0.15) is 39.5 Å². The maximum absolute atomic E-state index is 14.0. The summed E-state index contributed by atoms with van der Waals surface area (Å²) in [6, 6.07) is 8.81. The van der Waals surface area contributed by atoms with Crippen molar-refractivity contribution in [3.63, 3.8) is 0 Å². The first-order valence-corrected chi connectivity index (χ1v) is 13.6. The Balaban J connectivity index is 1.38. The molecule has 12 heteroatoms. The average Bonchev–Trinajstić information content (AvgIpc) is 3.38. The minimum atomic E-state index is -4.59. The highest BCUT2D eigenvalue weighted by atomic mass is 19.4. The number of carbonyl (C=O) groups is 1. The summed E-state index contributed by atoms with van der Waals surface area (Å²) in [5.74, 6) is 6.37. The minimum absolute atomic E-state index is 0.0260. The number of carbonyl (C=O) groups excluding carboxylic acids is 1. The lowest BCUT2D eigenvalue weighted by Crippen LogP contribution is -2.46. The molecule has 9 nitrogen and oxygen atoms in total. The summed E-state index contributed by atoms with van der Waals surface area (Å²) < 4.78 is 43.6. The maximum atomic E-state index is 14.0. The van der Waals surface area contributed by atoms with Crippen LogP contribution in [0.3, 0.4) is 0 Å². The molecule has 3 aromatic heterocycles. The first-order chi connectivity index (χ1) is 20.1. The predicted octanol–water partition coefficient (Wildman–Crippen LogP) is 4.00. The lowest BCUT2D eigenvalue weighted by Gasteiger charge is -2.34. The average molecular weight is 577 g/mol. The third-order valence-corrected chi connectivity index (χ3v) is 7.18. The van der Waals surface area contributed by atoms with E-state index in [1.165, 1.54) is 18.3 Å². The molecule has 1 aromatic carbocycles. The van der Waals surface area contributed by atoms with Crippen molar-refractivity contribution in [3.05, 3.63) is 82.8 Å². The molecule has 1 fully saturated rings. The Morgan fingerprint density at radius 2 is 1.83 bits per heavy atom. The number of nitrogens with one attached hydrogen (secondary N) is 1. The molecule has 1 aliphatic rings. The fourth-order valence-corrected chi connectivity index (χ4v) is 4.82. The summed E-state index contributed by atoms with van der Waals surface area (Å²) in [5, 5.41) is 6.95. The van der Waals surface area contributed by atoms with Crippen LogP contribution in [0.2, 0.25) is 0 Å². The van der Waals surface area contributed by atoms with E-state index in [0.717, 1.165) is 31.5 Å². The molecule has 1 aliphatic heterocycles. The zero-order valence-corrected chi connectivity index (χ0v) is 23.6. The van der Waals surface area contributed by atoms with E-state index >= 15 is 0 Å². The summed E-state index contributed by atoms with van der Waals surface area (Å²) >= 11 is 0. The van der Waals surface area contributed by atoms with Crippen molar-refractivity contribution in [1.29, 1.82) is 0 Å². The van der Waals surface area contributed by atoms with Gasteiger partial charge in [0.15, 0.2) is 5.65 Å². The van der Waals surface area contributed by atoms with Crippen LogP contribution in [0.5, 0.6) is 0 Å². The molecule has 1 amide bonds. The molecule has 0 spiro atoms. The molecule has 218 valence electrons. The smallest absolute Gasteiger partial charge is 0.363 e. The second kappa shape index (κ2) is 12.2. The van der Waals surface area contributed by atoms with Gasteiger partial charge in [0.1, 0.15) is 11.6 Å². The van der Waals surface area contributed by atoms with Crippen LogP contribution in [0, 0.1) is 11.8 Å². The predicted molar refractivity (Wildman–Crippen MR) is 154 cm³/mol. The molecule has 4 aromatic rings. The molecule has 0 unspecified atom stereocenters. The molecule has 0 radical (unpaired) electrons. The van der Waals surface area contributed by atoms with Crippen LogP contribution < -0.4 is 10.2 Å². The number of nitrogens with zero attached hydrogens (tertiary/aromatic N) is 7. The monoisotopic (exact) mass is 576 g/mol. The third-order valence-electron chi connectivity index (χ3n) is 7.18. The van der Waals surface area contributed by atoms with Gasteiger partial charge in [0.2, 0.25) is 0 Å². The van der Waals surface area contributed by atoms with Crippen LogP contribution in [0.15, 0.2) is 55.0 Å². The molecule has 0 aliphatic carbocycles. The molecular weight excluding hydrogens is 545 g/mol. The number of rotatable bonds is 6. The van der Waals surface area contributed by atoms with E-state index in [1.54, 1.807) is 29.0 Å². The van der Waals surface area contributed by atoms with E-state index in [-0.39, 0.29) is 23.5 Å². The maximum Gasteiger partial charge on any atom is 0.416 e. The van der Waals surface area contributed by atoms with Crippen LogP contribution in [-0.2, 0) is 12.7 Å². The van der Waals surface area contributed by atoms with Crippen LogP contribution in [0.4, 0.5) is 24.8 Å². The van der Waals surface area contributed by atoms with Crippen molar-refractivity contribution in [2.45, 2.75) is 19.6 Å². The van der Waals surface area contributed by atoms with Crippen LogP contribution in [0.25, 0.3) is 5.65 Å². The summed E-state index contributed by atoms with van der Waals surface area (Å²) in [6.07, 6.45) is 0.315. The number of anilines is 2. The third kappa shape index (κ3) is 6.53. The number of piperazine rings is 1. The molecular formula is C30H31F3N8O. The number of likely N-dealkylation sites (N-methyl/N-ethyl adjacent to an activating group) is 1. The second-order valence-corrected chi connectivity index (χ2v) is 10.2. The van der Waals surface area contributed by atoms with Gasteiger partial charge in [0.05, 0.1) is 17.3 Å². The van der Waals surface area contributed by atoms with Crippen molar-refractivity contribution < 1.29 is 18.0 Å². The number of benzene rings is 1. The van der Waals surface area contributed by atoms with E-state index in [9.17, 15) is 18.0 Å². The first-order valence-electron chi connectivity index (χ1n) is 13.6. The molecule has 1 N–H and O–H groups in total. The normalized spacial score (nSPS) is 14.4. The molecule has 0 saturated carbocycles. The van der Waals surface area contributed by atoms with Crippen molar-refractivity contribution in [1.82, 2.24) is 29.4 Å². The largest absolute Gasteiger partial charge is 0.416 e. The number of alkyl halides is 3. The van der Waals surface area contributed by atoms with Gasteiger partial charge < -0.3 is 15.1 Å². The standard InChI is InChI=1S/C30H31F3N8O/c1-4-39-14-16-40(17-15-39)20-24-23(6-5-7-25(24)30(31,32)33)29(42)36-26-18-21(10-12-34-26)8-9-22-19-35-41-13-11-27(38(2)3)37-28(22)41/h5-7,10-13,18-19H,4,14-17,20H2,1-3H3,(H,34,36,42). The van der Waals surface area contributed by atoms with E-state index < -0.39 is 17.6 Å². The summed E-state index contributed by atoms with van der Waals surface area (Å²) in [5.41, 5.74) is 0.900. The van der Waals surface area contributed by atoms with Gasteiger partial charge in [-0.2, -0.15) is 18.3 Å². The number of hydrogen-bond acceptors (Lipinski definition) is 7. The highest BCUT2D eigenvalue weighted by Gasteiger charge is 2.35. The van der Waals surface area contributed by atoms with Crippen molar-refractivity contribution in [2.24, 2.45) is 0 Å². The highest BCUT2D eigenvalue weighted by Crippen LogP contribution is 2.34. The van der Waals surface area contributed by atoms with Crippen molar-refractivity contribution in [2.75, 3.05) is 57.0 Å². The van der Waals surface area contributed by atoms with E-state index in [2.05, 4.69) is 44.0 Å². The van der Waals surface area contributed by atoms with Gasteiger partial charge in [0.25, 0.3) is 5.91 Å². The molecule has 5 rings (SSSR count). The number of halogens is 3. The summed E-state index contributed by atoms with van der Waals surface area (Å²) in [4.78, 5) is 28.2. The fourth-order valence-electron chi connectivity index (χ4n) is 4.82. The molecule has 0 atom stereocenters. The highest BCUT2D eigenvalue weighted by molar-refractivity contribution is 6.05.